The lowest BCUT2D eigenvalue weighted by Crippen LogP contribution is -2.46. The van der Waals surface area contributed by atoms with E-state index in [1.54, 1.807) is 33.0 Å². The van der Waals surface area contributed by atoms with Gasteiger partial charge in [0.2, 0.25) is 0 Å². The molecule has 1 aliphatic rings. The molecular weight excluding hydrogens is 466 g/mol. The molecule has 188 valence electrons. The molecule has 36 heavy (non-hydrogen) atoms. The number of para-hydroxylation sites is 1. The minimum atomic E-state index is -1.40. The van der Waals surface area contributed by atoms with Crippen molar-refractivity contribution in [2.75, 3.05) is 13.2 Å². The van der Waals surface area contributed by atoms with E-state index in [4.69, 9.17) is 9.47 Å². The van der Waals surface area contributed by atoms with Gasteiger partial charge in [0.25, 0.3) is 11.8 Å². The lowest BCUT2D eigenvalue weighted by atomic mass is 10.0. The average Bonchev–Trinajstić information content (AvgIpc) is 3.33. The van der Waals surface area contributed by atoms with Gasteiger partial charge in [0, 0.05) is 23.5 Å². The Kier molecular flexibility index (Phi) is 6.69. The molecule has 1 unspecified atom stereocenters. The molecule has 1 atom stereocenters. The van der Waals surface area contributed by atoms with E-state index in [2.05, 4.69) is 10.3 Å². The maximum Gasteiger partial charge on any atom is 0.407 e. The molecule has 3 amide bonds. The number of benzene rings is 2. The van der Waals surface area contributed by atoms with Crippen LogP contribution in [0, 0.1) is 0 Å². The molecule has 0 saturated carbocycles. The number of carboxylic acids is 1. The number of hydrogen-bond donors (Lipinski definition) is 3. The van der Waals surface area contributed by atoms with Crippen molar-refractivity contribution in [1.82, 2.24) is 15.2 Å². The van der Waals surface area contributed by atoms with E-state index in [1.807, 2.05) is 24.3 Å². The van der Waals surface area contributed by atoms with Crippen LogP contribution in [0.15, 0.2) is 48.7 Å². The van der Waals surface area contributed by atoms with Gasteiger partial charge in [-0.2, -0.15) is 0 Å². The number of carboxylic acid groups (broad SMARTS) is 1. The normalized spacial score (nSPS) is 14.0. The van der Waals surface area contributed by atoms with Gasteiger partial charge in [0.1, 0.15) is 24.0 Å². The number of nitrogens with one attached hydrogen (secondary N) is 2. The summed E-state index contributed by atoms with van der Waals surface area (Å²) in [5, 5.41) is 13.3. The number of aromatic nitrogens is 1. The molecule has 0 spiro atoms. The summed E-state index contributed by atoms with van der Waals surface area (Å²) in [5.41, 5.74) is 0.941. The summed E-state index contributed by atoms with van der Waals surface area (Å²) in [4.78, 5) is 54.3. The summed E-state index contributed by atoms with van der Waals surface area (Å²) in [6.07, 6.45) is 1.02. The average molecular weight is 494 g/mol. The van der Waals surface area contributed by atoms with Gasteiger partial charge < -0.3 is 24.9 Å². The molecule has 10 nitrogen and oxygen atoms in total. The number of amides is 3. The monoisotopic (exact) mass is 493 g/mol. The molecule has 0 aliphatic carbocycles. The van der Waals surface area contributed by atoms with Gasteiger partial charge in [-0.1, -0.05) is 24.3 Å². The highest BCUT2D eigenvalue weighted by Crippen LogP contribution is 2.33. The van der Waals surface area contributed by atoms with Gasteiger partial charge >= 0.3 is 12.1 Å². The summed E-state index contributed by atoms with van der Waals surface area (Å²) < 4.78 is 10.8. The third kappa shape index (κ3) is 5.02. The number of aromatic amines is 1. The maximum atomic E-state index is 13.3. The first-order chi connectivity index (χ1) is 17.1. The van der Waals surface area contributed by atoms with Crippen LogP contribution in [-0.2, 0) is 16.0 Å². The molecule has 0 radical (unpaired) electrons. The highest BCUT2D eigenvalue weighted by atomic mass is 16.6. The van der Waals surface area contributed by atoms with Crippen molar-refractivity contribution >= 4 is 34.8 Å². The molecular formula is C26H27N3O7. The Morgan fingerprint density at radius 1 is 1.08 bits per heavy atom. The zero-order valence-corrected chi connectivity index (χ0v) is 20.2. The van der Waals surface area contributed by atoms with Gasteiger partial charge in [0.15, 0.2) is 0 Å². The number of carbonyl (C=O) groups is 4. The second-order valence-electron chi connectivity index (χ2n) is 9.35. The minimum absolute atomic E-state index is 0.00458. The van der Waals surface area contributed by atoms with Crippen LogP contribution in [-0.4, -0.2) is 63.7 Å². The second kappa shape index (κ2) is 9.73. The van der Waals surface area contributed by atoms with E-state index in [-0.39, 0.29) is 36.4 Å². The highest BCUT2D eigenvalue weighted by molar-refractivity contribution is 6.23. The van der Waals surface area contributed by atoms with E-state index < -0.39 is 35.5 Å². The molecule has 2 heterocycles. The first-order valence-electron chi connectivity index (χ1n) is 11.4. The van der Waals surface area contributed by atoms with Gasteiger partial charge in [-0.15, -0.1) is 0 Å². The van der Waals surface area contributed by atoms with E-state index in [0.29, 0.717) is 5.56 Å². The number of ether oxygens (including phenoxy) is 2. The predicted octanol–water partition coefficient (Wildman–Crippen LogP) is 3.36. The molecule has 1 aliphatic heterocycles. The second-order valence-corrected chi connectivity index (χ2v) is 9.35. The van der Waals surface area contributed by atoms with Crippen molar-refractivity contribution in [2.24, 2.45) is 0 Å². The van der Waals surface area contributed by atoms with Gasteiger partial charge in [-0.05, 0) is 44.5 Å². The third-order valence-electron chi connectivity index (χ3n) is 5.62. The van der Waals surface area contributed by atoms with E-state index in [0.717, 1.165) is 15.8 Å². The van der Waals surface area contributed by atoms with Crippen molar-refractivity contribution in [3.63, 3.8) is 0 Å². The fourth-order valence-corrected chi connectivity index (χ4v) is 4.10. The summed E-state index contributed by atoms with van der Waals surface area (Å²) in [5.74, 6) is -2.59. The maximum absolute atomic E-state index is 13.3. The molecule has 0 saturated heterocycles. The lowest BCUT2D eigenvalue weighted by Gasteiger charge is -2.22. The van der Waals surface area contributed by atoms with E-state index in [1.165, 1.54) is 12.1 Å². The van der Waals surface area contributed by atoms with Crippen LogP contribution in [0.5, 0.6) is 5.75 Å². The Balaban J connectivity index is 1.50. The van der Waals surface area contributed by atoms with Crippen LogP contribution in [0.4, 0.5) is 4.79 Å². The number of rotatable bonds is 8. The van der Waals surface area contributed by atoms with Crippen LogP contribution in [0.25, 0.3) is 10.9 Å². The topological polar surface area (TPSA) is 138 Å². The fourth-order valence-electron chi connectivity index (χ4n) is 4.10. The van der Waals surface area contributed by atoms with Crippen molar-refractivity contribution in [2.45, 2.75) is 38.8 Å². The van der Waals surface area contributed by atoms with E-state index in [9.17, 15) is 24.3 Å². The van der Waals surface area contributed by atoms with Crippen molar-refractivity contribution in [3.8, 4) is 5.75 Å². The van der Waals surface area contributed by atoms with Gasteiger partial charge in [-0.25, -0.2) is 9.59 Å². The van der Waals surface area contributed by atoms with Crippen molar-refractivity contribution in [1.29, 1.82) is 0 Å². The smallest absolute Gasteiger partial charge is 0.407 e. The molecule has 4 rings (SSSR count). The molecule has 3 aromatic rings. The summed E-state index contributed by atoms with van der Waals surface area (Å²) >= 11 is 0. The van der Waals surface area contributed by atoms with Crippen molar-refractivity contribution < 1.29 is 33.8 Å². The fraction of sp³-hybridized carbons (Fsp3) is 0.308. The number of H-pyrrole nitrogens is 1. The number of nitrogens with zero attached hydrogens (tertiary/aromatic N) is 1. The number of alkyl carbamates (subject to hydrolysis) is 1. The van der Waals surface area contributed by atoms with Crippen LogP contribution >= 0.6 is 0 Å². The summed E-state index contributed by atoms with van der Waals surface area (Å²) in [6, 6.07) is 10.5. The van der Waals surface area contributed by atoms with Crippen LogP contribution in [0.1, 0.15) is 47.1 Å². The molecule has 10 heteroatoms. The molecule has 2 aromatic carbocycles. The summed E-state index contributed by atoms with van der Waals surface area (Å²) in [6.45, 7) is 5.34. The Labute approximate surface area is 207 Å². The van der Waals surface area contributed by atoms with Crippen LogP contribution in [0.2, 0.25) is 0 Å². The quantitative estimate of drug-likeness (QED) is 0.323. The number of aliphatic carboxylic acids is 1. The standard InChI is InChI=1S/C26H27N3O7/c1-26(2,3)36-25(34)27-11-12-35-20-10-6-8-17-21(20)23(31)29(22(17)30)19(24(32)33)13-15-14-28-18-9-5-4-7-16(15)18/h4-10,14,19,28H,11-13H2,1-3H3,(H,27,34)(H,32,33). The Morgan fingerprint density at radius 3 is 2.56 bits per heavy atom. The number of carbonyl (C=O) groups excluding carboxylic acids is 3. The van der Waals surface area contributed by atoms with Gasteiger partial charge in [-0.3, -0.25) is 14.5 Å². The molecule has 0 fully saturated rings. The molecule has 1 aromatic heterocycles. The first kappa shape index (κ1) is 24.8. The van der Waals surface area contributed by atoms with Crippen molar-refractivity contribution in [3.05, 3.63) is 65.4 Å². The Hall–Kier alpha value is -4.34. The number of fused-ring (bicyclic) bond motifs is 2. The Morgan fingerprint density at radius 2 is 1.83 bits per heavy atom. The molecule has 0 bridgehead atoms. The SMILES string of the molecule is CC(C)(C)OC(=O)NCCOc1cccc2c1C(=O)N(C(Cc1c[nH]c3ccccc13)C(=O)O)C2=O. The lowest BCUT2D eigenvalue weighted by molar-refractivity contribution is -0.141. The third-order valence-corrected chi connectivity index (χ3v) is 5.62. The largest absolute Gasteiger partial charge is 0.491 e. The number of hydrogen-bond acceptors (Lipinski definition) is 6. The van der Waals surface area contributed by atoms with Crippen LogP contribution < -0.4 is 10.1 Å². The Bertz CT molecular complexity index is 1340. The predicted molar refractivity (Wildman–Crippen MR) is 130 cm³/mol. The van der Waals surface area contributed by atoms with Gasteiger partial charge in [0.05, 0.1) is 17.7 Å². The van der Waals surface area contributed by atoms with E-state index >= 15 is 0 Å². The number of imide groups is 1. The minimum Gasteiger partial charge on any atom is -0.491 e. The summed E-state index contributed by atoms with van der Waals surface area (Å²) in [7, 11) is 0. The first-order valence-corrected chi connectivity index (χ1v) is 11.4. The zero-order valence-electron chi connectivity index (χ0n) is 20.2. The molecule has 3 N–H and O–H groups in total. The van der Waals surface area contributed by atoms with Crippen LogP contribution in [0.3, 0.4) is 0 Å². The zero-order chi connectivity index (χ0) is 26.0. The highest BCUT2D eigenvalue weighted by Gasteiger charge is 2.44.